The van der Waals surface area contributed by atoms with Gasteiger partial charge in [-0.2, -0.15) is 0 Å². The van der Waals surface area contributed by atoms with Gasteiger partial charge in [0.1, 0.15) is 0 Å². The fourth-order valence-electron chi connectivity index (χ4n) is 8.67. The first-order valence-electron chi connectivity index (χ1n) is 21.0. The smallest absolute Gasteiger partial charge is 0.164 e. The Balaban J connectivity index is 1.16. The molecular weight excluding hydrogens is 733 g/mol. The van der Waals surface area contributed by atoms with Gasteiger partial charge in [-0.05, 0) is 80.1 Å². The van der Waals surface area contributed by atoms with Crippen molar-refractivity contribution in [3.8, 4) is 67.5 Å². The second-order valence-corrected chi connectivity index (χ2v) is 23.5. The zero-order valence-electron chi connectivity index (χ0n) is 35.7. The molecule has 1 aliphatic carbocycles. The van der Waals surface area contributed by atoms with Crippen LogP contribution in [-0.2, 0) is 5.41 Å². The molecule has 0 atom stereocenters. The lowest BCUT2D eigenvalue weighted by molar-refractivity contribution is 0.660. The Kier molecular flexibility index (Phi) is 9.55. The Bertz CT molecular complexity index is 2860. The maximum absolute atomic E-state index is 5.23. The van der Waals surface area contributed by atoms with E-state index in [1.54, 1.807) is 0 Å². The van der Waals surface area contributed by atoms with Crippen molar-refractivity contribution in [3.63, 3.8) is 0 Å². The number of nitrogens with zero attached hydrogens (tertiary/aromatic N) is 4. The zero-order chi connectivity index (χ0) is 41.2. The fraction of sp³-hybridized carbons (Fsp3) is 0.222. The molecule has 0 aliphatic heterocycles. The lowest BCUT2D eigenvalue weighted by Gasteiger charge is -2.22. The highest BCUT2D eigenvalue weighted by molar-refractivity contribution is 6.88. The third kappa shape index (κ3) is 7.02. The molecule has 0 amide bonds. The van der Waals surface area contributed by atoms with E-state index in [9.17, 15) is 0 Å². The van der Waals surface area contributed by atoms with E-state index < -0.39 is 8.07 Å². The van der Waals surface area contributed by atoms with Crippen molar-refractivity contribution in [2.24, 2.45) is 0 Å². The monoisotopic (exact) mass is 784 g/mol. The molecular formula is C54H52N4Si. The summed E-state index contributed by atoms with van der Waals surface area (Å²) in [6, 6.07) is 48.8. The molecule has 9 rings (SSSR count). The summed E-state index contributed by atoms with van der Waals surface area (Å²) in [4.78, 5) is 20.6. The summed E-state index contributed by atoms with van der Waals surface area (Å²) < 4.78 is 0. The molecule has 0 saturated heterocycles. The Morgan fingerprint density at radius 1 is 0.458 bits per heavy atom. The van der Waals surface area contributed by atoms with Gasteiger partial charge in [-0.3, -0.25) is 4.98 Å². The van der Waals surface area contributed by atoms with Gasteiger partial charge in [-0.25, -0.2) is 15.0 Å². The van der Waals surface area contributed by atoms with Crippen LogP contribution in [0.25, 0.3) is 78.4 Å². The maximum Gasteiger partial charge on any atom is 0.164 e. The van der Waals surface area contributed by atoms with Gasteiger partial charge in [-0.1, -0.05) is 182 Å². The van der Waals surface area contributed by atoms with Crippen molar-refractivity contribution in [1.29, 1.82) is 0 Å². The van der Waals surface area contributed by atoms with Crippen molar-refractivity contribution in [1.82, 2.24) is 19.9 Å². The molecule has 2 aromatic heterocycles. The molecule has 1 aliphatic rings. The average molecular weight is 785 g/mol. The Morgan fingerprint density at radius 3 is 1.64 bits per heavy atom. The minimum atomic E-state index is -1.49. The summed E-state index contributed by atoms with van der Waals surface area (Å²) in [6.45, 7) is 20.8. The molecule has 0 bridgehead atoms. The predicted molar refractivity (Wildman–Crippen MR) is 251 cm³/mol. The number of hydrogen-bond donors (Lipinski definition) is 0. The minimum absolute atomic E-state index is 0.0938. The summed E-state index contributed by atoms with van der Waals surface area (Å²) in [5.74, 6) is 2.83. The predicted octanol–water partition coefficient (Wildman–Crippen LogP) is 13.9. The van der Waals surface area contributed by atoms with Gasteiger partial charge >= 0.3 is 0 Å². The number of benzene rings is 6. The first-order valence-corrected chi connectivity index (χ1v) is 24.5. The number of rotatable bonds is 8. The normalized spacial score (nSPS) is 13.3. The molecule has 5 heteroatoms. The standard InChI is InChI=1S/C54H52N4Si/c1-33(2)39-29-40(34(3)4)31-41(30-39)35-16-18-36(19-17-35)51-56-52(37-20-23-42(24-21-37)59(7,8)9)58-53(57-51)47-27-26-43(50-46(47)14-12-28-55-50)38-22-25-45-44-13-10-11-15-48(44)54(5,6)49(45)32-38/h10-34H,1-9H3. The molecule has 59 heavy (non-hydrogen) atoms. The van der Waals surface area contributed by atoms with Crippen molar-refractivity contribution >= 4 is 24.2 Å². The third-order valence-corrected chi connectivity index (χ3v) is 14.4. The Labute approximate surface area is 350 Å². The molecule has 0 saturated carbocycles. The lowest BCUT2D eigenvalue weighted by atomic mass is 9.81. The molecule has 0 fully saturated rings. The number of fused-ring (bicyclic) bond motifs is 4. The molecule has 8 aromatic rings. The van der Waals surface area contributed by atoms with Gasteiger partial charge in [0.25, 0.3) is 0 Å². The molecule has 292 valence electrons. The Hall–Kier alpha value is -6.04. The SMILES string of the molecule is CC(C)c1cc(-c2ccc(-c3nc(-c4ccc([Si](C)(C)C)cc4)nc(-c4ccc(-c5ccc6c(c5)C(C)(C)c5ccccc5-6)c5ncccc45)n3)cc2)cc(C(C)C)c1. The highest BCUT2D eigenvalue weighted by atomic mass is 28.3. The topological polar surface area (TPSA) is 51.6 Å². The first-order chi connectivity index (χ1) is 28.3. The average Bonchev–Trinajstić information content (AvgIpc) is 3.47. The number of pyridine rings is 1. The summed E-state index contributed by atoms with van der Waals surface area (Å²) in [5, 5.41) is 2.41. The van der Waals surface area contributed by atoms with E-state index >= 15 is 0 Å². The quantitative estimate of drug-likeness (QED) is 0.144. The van der Waals surface area contributed by atoms with Crippen LogP contribution in [0, 0.1) is 0 Å². The van der Waals surface area contributed by atoms with E-state index in [4.69, 9.17) is 19.9 Å². The van der Waals surface area contributed by atoms with Crippen LogP contribution < -0.4 is 5.19 Å². The van der Waals surface area contributed by atoms with Gasteiger partial charge in [0.2, 0.25) is 0 Å². The highest BCUT2D eigenvalue weighted by Crippen LogP contribution is 2.50. The lowest BCUT2D eigenvalue weighted by Crippen LogP contribution is -2.37. The van der Waals surface area contributed by atoms with Gasteiger partial charge in [-0.15, -0.1) is 0 Å². The molecule has 0 unspecified atom stereocenters. The van der Waals surface area contributed by atoms with Crippen LogP contribution in [0.15, 0.2) is 140 Å². The van der Waals surface area contributed by atoms with E-state index in [0.29, 0.717) is 29.3 Å². The molecule has 0 radical (unpaired) electrons. The van der Waals surface area contributed by atoms with Crippen molar-refractivity contribution in [3.05, 3.63) is 162 Å². The molecule has 0 N–H and O–H groups in total. The maximum atomic E-state index is 5.23. The molecule has 2 heterocycles. The minimum Gasteiger partial charge on any atom is -0.256 e. The second-order valence-electron chi connectivity index (χ2n) is 18.4. The van der Waals surface area contributed by atoms with Crippen molar-refractivity contribution in [2.75, 3.05) is 0 Å². The van der Waals surface area contributed by atoms with Crippen molar-refractivity contribution in [2.45, 2.75) is 78.4 Å². The zero-order valence-corrected chi connectivity index (χ0v) is 36.7. The van der Waals surface area contributed by atoms with Crippen LogP contribution in [0.3, 0.4) is 0 Å². The summed E-state index contributed by atoms with van der Waals surface area (Å²) in [6.07, 6.45) is 1.88. The van der Waals surface area contributed by atoms with Crippen LogP contribution >= 0.6 is 0 Å². The van der Waals surface area contributed by atoms with Gasteiger partial charge < -0.3 is 0 Å². The van der Waals surface area contributed by atoms with E-state index in [-0.39, 0.29) is 5.41 Å². The molecule has 6 aromatic carbocycles. The summed E-state index contributed by atoms with van der Waals surface area (Å²) in [5.41, 5.74) is 16.4. The summed E-state index contributed by atoms with van der Waals surface area (Å²) in [7, 11) is -1.49. The molecule has 0 spiro atoms. The number of aromatic nitrogens is 4. The molecule has 4 nitrogen and oxygen atoms in total. The van der Waals surface area contributed by atoms with Crippen molar-refractivity contribution < 1.29 is 0 Å². The van der Waals surface area contributed by atoms with Gasteiger partial charge in [0.15, 0.2) is 17.5 Å². The summed E-state index contributed by atoms with van der Waals surface area (Å²) >= 11 is 0. The second kappa shape index (κ2) is 14.7. The largest absolute Gasteiger partial charge is 0.256 e. The number of hydrogen-bond acceptors (Lipinski definition) is 4. The van der Waals surface area contributed by atoms with Crippen LogP contribution in [0.2, 0.25) is 19.6 Å². The van der Waals surface area contributed by atoms with Crippen LogP contribution in [0.1, 0.15) is 75.6 Å². The van der Waals surface area contributed by atoms with Crippen LogP contribution in [-0.4, -0.2) is 28.0 Å². The van der Waals surface area contributed by atoms with E-state index in [2.05, 4.69) is 189 Å². The highest BCUT2D eigenvalue weighted by Gasteiger charge is 2.35. The van der Waals surface area contributed by atoms with E-state index in [0.717, 1.165) is 38.7 Å². The fourth-order valence-corrected chi connectivity index (χ4v) is 9.83. The Morgan fingerprint density at radius 2 is 1.00 bits per heavy atom. The van der Waals surface area contributed by atoms with Crippen LogP contribution in [0.5, 0.6) is 0 Å². The van der Waals surface area contributed by atoms with E-state index in [1.165, 1.54) is 49.7 Å². The van der Waals surface area contributed by atoms with Gasteiger partial charge in [0.05, 0.1) is 13.6 Å². The van der Waals surface area contributed by atoms with E-state index in [1.807, 2.05) is 12.3 Å². The first kappa shape index (κ1) is 38.5. The van der Waals surface area contributed by atoms with Gasteiger partial charge in [0, 0.05) is 39.3 Å². The third-order valence-electron chi connectivity index (χ3n) is 12.3. The van der Waals surface area contributed by atoms with Crippen LogP contribution in [0.4, 0.5) is 0 Å².